The van der Waals surface area contributed by atoms with Gasteiger partial charge in [0.15, 0.2) is 0 Å². The smallest absolute Gasteiger partial charge is 0.260 e. The SMILES string of the molecule is NC1=CC2=NC=NC(=O)C2C=C1. The molecular weight excluding hydrogens is 154 g/mol. The summed E-state index contributed by atoms with van der Waals surface area (Å²) in [6.07, 6.45) is 6.36. The number of allylic oxidation sites excluding steroid dienone is 2. The van der Waals surface area contributed by atoms with Gasteiger partial charge in [-0.2, -0.15) is 0 Å². The van der Waals surface area contributed by atoms with Gasteiger partial charge in [0.25, 0.3) is 5.91 Å². The van der Waals surface area contributed by atoms with E-state index in [0.717, 1.165) is 0 Å². The average Bonchev–Trinajstić information content (AvgIpc) is 2.04. The van der Waals surface area contributed by atoms with Crippen LogP contribution in [0.3, 0.4) is 0 Å². The van der Waals surface area contributed by atoms with Crippen LogP contribution in [0.25, 0.3) is 0 Å². The zero-order chi connectivity index (χ0) is 8.55. The first-order valence-electron chi connectivity index (χ1n) is 3.57. The Morgan fingerprint density at radius 1 is 1.50 bits per heavy atom. The summed E-state index contributed by atoms with van der Waals surface area (Å²) >= 11 is 0. The molecule has 1 atom stereocenters. The Balaban J connectivity index is 2.43. The first-order chi connectivity index (χ1) is 5.77. The zero-order valence-corrected chi connectivity index (χ0v) is 6.27. The largest absolute Gasteiger partial charge is 0.399 e. The molecule has 0 radical (unpaired) electrons. The quantitative estimate of drug-likeness (QED) is 0.544. The number of amides is 1. The van der Waals surface area contributed by atoms with E-state index in [9.17, 15) is 4.79 Å². The molecule has 60 valence electrons. The van der Waals surface area contributed by atoms with Crippen LogP contribution in [-0.4, -0.2) is 18.0 Å². The maximum absolute atomic E-state index is 11.1. The molecule has 0 aromatic rings. The molecule has 0 saturated heterocycles. The lowest BCUT2D eigenvalue weighted by Crippen LogP contribution is -2.25. The first-order valence-corrected chi connectivity index (χ1v) is 3.57. The van der Waals surface area contributed by atoms with E-state index in [1.54, 1.807) is 18.2 Å². The zero-order valence-electron chi connectivity index (χ0n) is 6.27. The Morgan fingerprint density at radius 3 is 3.17 bits per heavy atom. The van der Waals surface area contributed by atoms with E-state index in [0.29, 0.717) is 11.4 Å². The van der Waals surface area contributed by atoms with Crippen molar-refractivity contribution < 1.29 is 4.79 Å². The molecule has 4 nitrogen and oxygen atoms in total. The molecule has 1 unspecified atom stereocenters. The minimum atomic E-state index is -0.317. The third-order valence-electron chi connectivity index (χ3n) is 1.77. The number of hydrogen-bond donors (Lipinski definition) is 1. The van der Waals surface area contributed by atoms with Crippen LogP contribution < -0.4 is 5.73 Å². The highest BCUT2D eigenvalue weighted by molar-refractivity contribution is 6.18. The van der Waals surface area contributed by atoms with Gasteiger partial charge in [0.2, 0.25) is 0 Å². The summed E-state index contributed by atoms with van der Waals surface area (Å²) in [5.41, 5.74) is 6.82. The predicted octanol–water partition coefficient (Wildman–Crippen LogP) is 0.0245. The molecule has 0 aromatic carbocycles. The molecule has 0 saturated carbocycles. The van der Waals surface area contributed by atoms with Gasteiger partial charge in [-0.15, -0.1) is 0 Å². The summed E-state index contributed by atoms with van der Waals surface area (Å²) in [7, 11) is 0. The molecule has 2 rings (SSSR count). The van der Waals surface area contributed by atoms with Crippen LogP contribution in [-0.2, 0) is 4.79 Å². The average molecular weight is 161 g/mol. The number of carbonyl (C=O) groups excluding carboxylic acids is 1. The molecule has 1 heterocycles. The number of nitrogens with two attached hydrogens (primary N) is 1. The fourth-order valence-corrected chi connectivity index (χ4v) is 1.17. The molecule has 2 N–H and O–H groups in total. The maximum atomic E-state index is 11.1. The number of rotatable bonds is 0. The second kappa shape index (κ2) is 2.41. The molecule has 12 heavy (non-hydrogen) atoms. The van der Waals surface area contributed by atoms with Gasteiger partial charge in [-0.25, -0.2) is 9.98 Å². The van der Waals surface area contributed by atoms with Crippen molar-refractivity contribution in [3.63, 3.8) is 0 Å². The topological polar surface area (TPSA) is 67.8 Å². The van der Waals surface area contributed by atoms with Gasteiger partial charge in [0.05, 0.1) is 5.71 Å². The highest BCUT2D eigenvalue weighted by Gasteiger charge is 2.24. The molecule has 2 aliphatic rings. The van der Waals surface area contributed by atoms with Crippen LogP contribution in [0.2, 0.25) is 0 Å². The van der Waals surface area contributed by atoms with Gasteiger partial charge in [0.1, 0.15) is 12.3 Å². The van der Waals surface area contributed by atoms with E-state index in [-0.39, 0.29) is 11.8 Å². The van der Waals surface area contributed by atoms with E-state index < -0.39 is 0 Å². The minimum absolute atomic E-state index is 0.181. The van der Waals surface area contributed by atoms with E-state index in [4.69, 9.17) is 5.73 Å². The normalized spacial score (nSPS) is 26.3. The number of nitrogens with zero attached hydrogens (tertiary/aromatic N) is 2. The molecule has 0 spiro atoms. The van der Waals surface area contributed by atoms with Crippen molar-refractivity contribution in [1.29, 1.82) is 0 Å². The van der Waals surface area contributed by atoms with E-state index in [1.165, 1.54) is 6.34 Å². The van der Waals surface area contributed by atoms with Crippen LogP contribution in [0.5, 0.6) is 0 Å². The van der Waals surface area contributed by atoms with Gasteiger partial charge in [-0.05, 0) is 12.2 Å². The van der Waals surface area contributed by atoms with E-state index >= 15 is 0 Å². The van der Waals surface area contributed by atoms with Crippen LogP contribution >= 0.6 is 0 Å². The summed E-state index contributed by atoms with van der Waals surface area (Å²) in [6.45, 7) is 0. The molecule has 1 aliphatic carbocycles. The van der Waals surface area contributed by atoms with Crippen molar-refractivity contribution in [2.75, 3.05) is 0 Å². The summed E-state index contributed by atoms with van der Waals surface area (Å²) in [5, 5.41) is 0. The molecule has 1 aliphatic heterocycles. The highest BCUT2D eigenvalue weighted by atomic mass is 16.1. The number of aliphatic imine (C=N–C) groups is 2. The molecule has 0 aromatic heterocycles. The van der Waals surface area contributed by atoms with Gasteiger partial charge in [-0.1, -0.05) is 6.08 Å². The van der Waals surface area contributed by atoms with Gasteiger partial charge < -0.3 is 5.73 Å². The van der Waals surface area contributed by atoms with Crippen molar-refractivity contribution >= 4 is 18.0 Å². The van der Waals surface area contributed by atoms with E-state index in [1.807, 2.05) is 0 Å². The first kappa shape index (κ1) is 6.97. The fourth-order valence-electron chi connectivity index (χ4n) is 1.17. The maximum Gasteiger partial charge on any atom is 0.260 e. The molecule has 1 amide bonds. The number of fused-ring (bicyclic) bond motifs is 1. The van der Waals surface area contributed by atoms with Crippen molar-refractivity contribution in [3.05, 3.63) is 23.9 Å². The second-order valence-corrected chi connectivity index (χ2v) is 2.62. The third kappa shape index (κ3) is 0.972. The van der Waals surface area contributed by atoms with Gasteiger partial charge in [-0.3, -0.25) is 4.79 Å². The highest BCUT2D eigenvalue weighted by Crippen LogP contribution is 2.15. The Hall–Kier alpha value is -1.71. The number of hydrogen-bond acceptors (Lipinski definition) is 3. The lowest BCUT2D eigenvalue weighted by molar-refractivity contribution is -0.118. The summed E-state index contributed by atoms with van der Waals surface area (Å²) in [4.78, 5) is 18.7. The van der Waals surface area contributed by atoms with E-state index in [2.05, 4.69) is 9.98 Å². The van der Waals surface area contributed by atoms with Crippen molar-refractivity contribution in [2.45, 2.75) is 0 Å². The predicted molar refractivity (Wildman–Crippen MR) is 45.8 cm³/mol. The molecule has 0 bridgehead atoms. The van der Waals surface area contributed by atoms with Crippen LogP contribution in [0, 0.1) is 5.92 Å². The summed E-state index contributed by atoms with van der Waals surface area (Å²) < 4.78 is 0. The van der Waals surface area contributed by atoms with Gasteiger partial charge in [0, 0.05) is 5.70 Å². The Labute approximate surface area is 69.2 Å². The lowest BCUT2D eigenvalue weighted by Gasteiger charge is -2.15. The van der Waals surface area contributed by atoms with Crippen molar-refractivity contribution in [2.24, 2.45) is 21.6 Å². The van der Waals surface area contributed by atoms with Gasteiger partial charge >= 0.3 is 0 Å². The molecule has 4 heteroatoms. The minimum Gasteiger partial charge on any atom is -0.399 e. The Bertz CT molecular complexity index is 349. The van der Waals surface area contributed by atoms with Crippen LogP contribution in [0.15, 0.2) is 33.9 Å². The third-order valence-corrected chi connectivity index (χ3v) is 1.77. The van der Waals surface area contributed by atoms with Crippen molar-refractivity contribution in [1.82, 2.24) is 0 Å². The molecule has 0 fully saturated rings. The monoisotopic (exact) mass is 161 g/mol. The second-order valence-electron chi connectivity index (χ2n) is 2.62. The molecular formula is C8H7N3O. The lowest BCUT2D eigenvalue weighted by atomic mass is 9.96. The Morgan fingerprint density at radius 2 is 2.33 bits per heavy atom. The van der Waals surface area contributed by atoms with Crippen LogP contribution in [0.4, 0.5) is 0 Å². The standard InChI is InChI=1S/C8H7N3O/c9-5-1-2-6-7(3-5)10-4-11-8(6)12/h1-4,6H,9H2. The fraction of sp³-hybridized carbons (Fsp3) is 0.125. The summed E-state index contributed by atoms with van der Waals surface area (Å²) in [6, 6.07) is 0. The summed E-state index contributed by atoms with van der Waals surface area (Å²) in [5.74, 6) is -0.498. The van der Waals surface area contributed by atoms with Crippen LogP contribution in [0.1, 0.15) is 0 Å². The Kier molecular flexibility index (Phi) is 1.40. The van der Waals surface area contributed by atoms with Crippen molar-refractivity contribution in [3.8, 4) is 0 Å². The number of carbonyl (C=O) groups is 1.